The summed E-state index contributed by atoms with van der Waals surface area (Å²) in [6.45, 7) is 3.92. The first-order valence-corrected chi connectivity index (χ1v) is 3.90. The fourth-order valence-electron chi connectivity index (χ4n) is 0.986. The third kappa shape index (κ3) is 2.34. The third-order valence-electron chi connectivity index (χ3n) is 1.32. The molecule has 0 radical (unpaired) electrons. The summed E-state index contributed by atoms with van der Waals surface area (Å²) in [7, 11) is 0. The van der Waals surface area contributed by atoms with Crippen LogP contribution in [0.15, 0.2) is 18.2 Å². The predicted molar refractivity (Wildman–Crippen MR) is 51.0 cm³/mol. The van der Waals surface area contributed by atoms with E-state index in [1.165, 1.54) is 0 Å². The van der Waals surface area contributed by atoms with Crippen LogP contribution in [0.1, 0.15) is 13.8 Å². The summed E-state index contributed by atoms with van der Waals surface area (Å²) in [5.74, 6) is 0.725. The van der Waals surface area contributed by atoms with Gasteiger partial charge in [-0.15, -0.1) is 0 Å². The maximum Gasteiger partial charge on any atom is 0.123 e. The van der Waals surface area contributed by atoms with Gasteiger partial charge in [0.2, 0.25) is 0 Å². The van der Waals surface area contributed by atoms with Crippen LogP contribution in [0.4, 0.5) is 11.4 Å². The van der Waals surface area contributed by atoms with Gasteiger partial charge in [-0.05, 0) is 19.9 Å². The maximum absolute atomic E-state index is 5.58. The third-order valence-corrected chi connectivity index (χ3v) is 1.32. The Labute approximate surface area is 72.3 Å². The van der Waals surface area contributed by atoms with Crippen LogP contribution < -0.4 is 16.2 Å². The lowest BCUT2D eigenvalue weighted by Crippen LogP contribution is -2.06. The minimum atomic E-state index is 0.145. The maximum atomic E-state index is 5.58. The van der Waals surface area contributed by atoms with Crippen molar-refractivity contribution >= 4 is 11.4 Å². The van der Waals surface area contributed by atoms with Crippen molar-refractivity contribution in [1.29, 1.82) is 0 Å². The molecule has 4 N–H and O–H groups in total. The molecule has 0 saturated carbocycles. The van der Waals surface area contributed by atoms with Crippen LogP contribution in [0.25, 0.3) is 0 Å². The smallest absolute Gasteiger partial charge is 0.123 e. The Kier molecular flexibility index (Phi) is 2.43. The van der Waals surface area contributed by atoms with E-state index in [0.29, 0.717) is 11.4 Å². The zero-order valence-corrected chi connectivity index (χ0v) is 7.37. The highest BCUT2D eigenvalue weighted by molar-refractivity contribution is 5.56. The monoisotopic (exact) mass is 166 g/mol. The number of nitrogen functional groups attached to an aromatic ring is 2. The number of anilines is 2. The van der Waals surface area contributed by atoms with Gasteiger partial charge in [-0.1, -0.05) is 0 Å². The van der Waals surface area contributed by atoms with E-state index in [2.05, 4.69) is 0 Å². The zero-order valence-electron chi connectivity index (χ0n) is 7.37. The molecule has 0 unspecified atom stereocenters. The van der Waals surface area contributed by atoms with Gasteiger partial charge in [0.15, 0.2) is 0 Å². The quantitative estimate of drug-likeness (QED) is 0.656. The second-order valence-electron chi connectivity index (χ2n) is 3.00. The molecule has 0 amide bonds. The molecule has 3 nitrogen and oxygen atoms in total. The SMILES string of the molecule is CC(C)Oc1cc(N)cc(N)c1. The van der Waals surface area contributed by atoms with E-state index in [4.69, 9.17) is 16.2 Å². The summed E-state index contributed by atoms with van der Waals surface area (Å²) in [5.41, 5.74) is 12.4. The van der Waals surface area contributed by atoms with Gasteiger partial charge in [-0.3, -0.25) is 0 Å². The normalized spacial score (nSPS) is 10.2. The standard InChI is InChI=1S/C9H14N2O/c1-6(2)12-9-4-7(10)3-8(11)5-9/h3-6H,10-11H2,1-2H3. The highest BCUT2D eigenvalue weighted by Gasteiger charge is 1.99. The molecule has 0 bridgehead atoms. The lowest BCUT2D eigenvalue weighted by molar-refractivity contribution is 0.242. The Morgan fingerprint density at radius 1 is 1.08 bits per heavy atom. The molecule has 0 aromatic heterocycles. The van der Waals surface area contributed by atoms with Crippen LogP contribution in [-0.4, -0.2) is 6.10 Å². The zero-order chi connectivity index (χ0) is 9.14. The highest BCUT2D eigenvalue weighted by Crippen LogP contribution is 2.20. The predicted octanol–water partition coefficient (Wildman–Crippen LogP) is 1.64. The fraction of sp³-hybridized carbons (Fsp3) is 0.333. The molecule has 0 heterocycles. The van der Waals surface area contributed by atoms with Crippen LogP contribution >= 0.6 is 0 Å². The second-order valence-corrected chi connectivity index (χ2v) is 3.00. The first-order chi connectivity index (χ1) is 5.58. The molecular formula is C9H14N2O. The van der Waals surface area contributed by atoms with E-state index < -0.39 is 0 Å². The van der Waals surface area contributed by atoms with E-state index in [1.807, 2.05) is 13.8 Å². The van der Waals surface area contributed by atoms with Crippen molar-refractivity contribution in [2.45, 2.75) is 20.0 Å². The Morgan fingerprint density at radius 3 is 2.00 bits per heavy atom. The number of hydrogen-bond acceptors (Lipinski definition) is 3. The molecule has 66 valence electrons. The minimum Gasteiger partial charge on any atom is -0.491 e. The summed E-state index contributed by atoms with van der Waals surface area (Å²) in [6, 6.07) is 5.22. The average Bonchev–Trinajstić information content (AvgIpc) is 1.81. The first-order valence-electron chi connectivity index (χ1n) is 3.90. The van der Waals surface area contributed by atoms with Gasteiger partial charge in [0.05, 0.1) is 6.10 Å². The van der Waals surface area contributed by atoms with Gasteiger partial charge in [0.25, 0.3) is 0 Å². The van der Waals surface area contributed by atoms with Gasteiger partial charge in [-0.2, -0.15) is 0 Å². The van der Waals surface area contributed by atoms with E-state index in [-0.39, 0.29) is 6.10 Å². The van der Waals surface area contributed by atoms with Crippen LogP contribution in [-0.2, 0) is 0 Å². The van der Waals surface area contributed by atoms with Crippen molar-refractivity contribution in [1.82, 2.24) is 0 Å². The summed E-state index contributed by atoms with van der Waals surface area (Å²) in [4.78, 5) is 0. The van der Waals surface area contributed by atoms with Crippen LogP contribution in [0.3, 0.4) is 0 Å². The van der Waals surface area contributed by atoms with Crippen LogP contribution in [0.5, 0.6) is 5.75 Å². The Morgan fingerprint density at radius 2 is 1.58 bits per heavy atom. The summed E-state index contributed by atoms with van der Waals surface area (Å²) in [5, 5.41) is 0. The lowest BCUT2D eigenvalue weighted by Gasteiger charge is -2.10. The fourth-order valence-corrected chi connectivity index (χ4v) is 0.986. The molecule has 1 aromatic carbocycles. The Bertz CT molecular complexity index is 251. The van der Waals surface area contributed by atoms with Crippen molar-refractivity contribution in [3.05, 3.63) is 18.2 Å². The van der Waals surface area contributed by atoms with Crippen LogP contribution in [0, 0.1) is 0 Å². The minimum absolute atomic E-state index is 0.145. The summed E-state index contributed by atoms with van der Waals surface area (Å²) in [6.07, 6.45) is 0.145. The lowest BCUT2D eigenvalue weighted by atomic mass is 10.2. The molecular weight excluding hydrogens is 152 g/mol. The summed E-state index contributed by atoms with van der Waals surface area (Å²) < 4.78 is 5.42. The molecule has 1 rings (SSSR count). The molecule has 12 heavy (non-hydrogen) atoms. The molecule has 3 heteroatoms. The Balaban J connectivity index is 2.85. The molecule has 0 spiro atoms. The average molecular weight is 166 g/mol. The van der Waals surface area contributed by atoms with Crippen molar-refractivity contribution in [2.75, 3.05) is 11.5 Å². The largest absolute Gasteiger partial charge is 0.491 e. The van der Waals surface area contributed by atoms with E-state index in [9.17, 15) is 0 Å². The van der Waals surface area contributed by atoms with Crippen molar-refractivity contribution in [2.24, 2.45) is 0 Å². The number of hydrogen-bond donors (Lipinski definition) is 2. The number of rotatable bonds is 2. The van der Waals surface area contributed by atoms with Crippen LogP contribution in [0.2, 0.25) is 0 Å². The topological polar surface area (TPSA) is 61.3 Å². The van der Waals surface area contributed by atoms with Crippen molar-refractivity contribution in [3.63, 3.8) is 0 Å². The summed E-state index contributed by atoms with van der Waals surface area (Å²) >= 11 is 0. The molecule has 0 aliphatic rings. The van der Waals surface area contributed by atoms with Gasteiger partial charge >= 0.3 is 0 Å². The van der Waals surface area contributed by atoms with Crippen molar-refractivity contribution in [3.8, 4) is 5.75 Å². The number of benzene rings is 1. The molecule has 0 atom stereocenters. The van der Waals surface area contributed by atoms with Gasteiger partial charge in [-0.25, -0.2) is 0 Å². The van der Waals surface area contributed by atoms with Gasteiger partial charge < -0.3 is 16.2 Å². The van der Waals surface area contributed by atoms with E-state index in [0.717, 1.165) is 5.75 Å². The molecule has 0 aliphatic heterocycles. The first kappa shape index (κ1) is 8.71. The Hall–Kier alpha value is -1.38. The van der Waals surface area contributed by atoms with Crippen molar-refractivity contribution < 1.29 is 4.74 Å². The number of ether oxygens (including phenoxy) is 1. The van der Waals surface area contributed by atoms with Gasteiger partial charge in [0.1, 0.15) is 5.75 Å². The van der Waals surface area contributed by atoms with E-state index in [1.54, 1.807) is 18.2 Å². The second kappa shape index (κ2) is 3.34. The molecule has 1 aromatic rings. The molecule has 0 saturated heterocycles. The highest BCUT2D eigenvalue weighted by atomic mass is 16.5. The van der Waals surface area contributed by atoms with E-state index >= 15 is 0 Å². The number of nitrogens with two attached hydrogens (primary N) is 2. The van der Waals surface area contributed by atoms with Gasteiger partial charge in [0, 0.05) is 23.5 Å². The molecule has 0 fully saturated rings. The molecule has 0 aliphatic carbocycles.